The lowest BCUT2D eigenvalue weighted by Crippen LogP contribution is -2.38. The van der Waals surface area contributed by atoms with E-state index in [4.69, 9.17) is 9.15 Å². The molecule has 5 nitrogen and oxygen atoms in total. The Morgan fingerprint density at radius 3 is 2.93 bits per heavy atom. The van der Waals surface area contributed by atoms with Crippen molar-refractivity contribution in [2.45, 2.75) is 39.3 Å². The Labute approximate surface area is 175 Å². The highest BCUT2D eigenvalue weighted by Crippen LogP contribution is 2.36. The van der Waals surface area contributed by atoms with Crippen LogP contribution in [0.2, 0.25) is 0 Å². The van der Waals surface area contributed by atoms with Crippen molar-refractivity contribution < 1.29 is 9.15 Å². The van der Waals surface area contributed by atoms with Gasteiger partial charge in [-0.2, -0.15) is 0 Å². The summed E-state index contributed by atoms with van der Waals surface area (Å²) in [6, 6.07) is 16.3. The SMILES string of the molecule is CCOc1cccc2c3c(oc12)CN(C(C)Cc1ccc2ccc(=O)[nH]c2c1)CC3. The fourth-order valence-corrected chi connectivity index (χ4v) is 4.55. The summed E-state index contributed by atoms with van der Waals surface area (Å²) >= 11 is 0. The van der Waals surface area contributed by atoms with Crippen LogP contribution in [0.1, 0.15) is 30.7 Å². The monoisotopic (exact) mass is 402 g/mol. The standard InChI is InChI=1S/C25H26N2O3/c1-3-29-22-6-4-5-20-19-11-12-27(15-23(19)30-25(20)22)16(2)13-17-7-8-18-9-10-24(28)26-21(18)14-17/h4-10,14,16H,3,11-13,15H2,1-2H3,(H,26,28). The van der Waals surface area contributed by atoms with Gasteiger partial charge in [0.15, 0.2) is 11.3 Å². The fourth-order valence-electron chi connectivity index (χ4n) is 4.55. The number of benzene rings is 2. The molecule has 1 N–H and O–H groups in total. The van der Waals surface area contributed by atoms with E-state index >= 15 is 0 Å². The molecule has 0 aliphatic carbocycles. The van der Waals surface area contributed by atoms with Crippen molar-refractivity contribution in [3.63, 3.8) is 0 Å². The average Bonchev–Trinajstić information content (AvgIpc) is 3.12. The molecule has 2 aromatic carbocycles. The van der Waals surface area contributed by atoms with Crippen LogP contribution < -0.4 is 10.3 Å². The van der Waals surface area contributed by atoms with E-state index in [0.29, 0.717) is 12.6 Å². The second-order valence-corrected chi connectivity index (χ2v) is 8.09. The number of nitrogens with one attached hydrogen (secondary N) is 1. The van der Waals surface area contributed by atoms with E-state index < -0.39 is 0 Å². The fraction of sp³-hybridized carbons (Fsp3) is 0.320. The summed E-state index contributed by atoms with van der Waals surface area (Å²) in [5.41, 5.74) is 4.25. The number of pyridine rings is 1. The molecule has 2 aromatic heterocycles. The third kappa shape index (κ3) is 3.39. The third-order valence-corrected chi connectivity index (χ3v) is 6.11. The van der Waals surface area contributed by atoms with Gasteiger partial charge in [0.05, 0.1) is 13.2 Å². The molecule has 154 valence electrons. The number of H-pyrrole nitrogens is 1. The first kappa shape index (κ1) is 18.9. The molecule has 5 rings (SSSR count). The van der Waals surface area contributed by atoms with E-state index in [1.807, 2.05) is 25.1 Å². The van der Waals surface area contributed by atoms with Gasteiger partial charge >= 0.3 is 0 Å². The molecule has 0 radical (unpaired) electrons. The molecule has 0 fully saturated rings. The van der Waals surface area contributed by atoms with E-state index in [-0.39, 0.29) is 5.56 Å². The lowest BCUT2D eigenvalue weighted by atomic mass is 9.99. The molecule has 0 bridgehead atoms. The van der Waals surface area contributed by atoms with E-state index in [1.54, 1.807) is 6.07 Å². The average molecular weight is 402 g/mol. The number of hydrogen-bond donors (Lipinski definition) is 1. The molecule has 1 unspecified atom stereocenters. The van der Waals surface area contributed by atoms with Crippen LogP contribution in [0.3, 0.4) is 0 Å². The van der Waals surface area contributed by atoms with Gasteiger partial charge in [0.1, 0.15) is 5.76 Å². The predicted molar refractivity (Wildman–Crippen MR) is 119 cm³/mol. The normalized spacial score (nSPS) is 15.4. The van der Waals surface area contributed by atoms with Crippen LogP contribution in [0.25, 0.3) is 21.9 Å². The van der Waals surface area contributed by atoms with E-state index in [1.165, 1.54) is 16.5 Å². The highest BCUT2D eigenvalue weighted by atomic mass is 16.5. The molecule has 0 amide bonds. The Kier molecular flexibility index (Phi) is 4.83. The number of aromatic amines is 1. The van der Waals surface area contributed by atoms with Crippen LogP contribution in [-0.2, 0) is 19.4 Å². The molecule has 0 saturated carbocycles. The lowest BCUT2D eigenvalue weighted by molar-refractivity contribution is 0.174. The maximum Gasteiger partial charge on any atom is 0.248 e. The van der Waals surface area contributed by atoms with Crippen molar-refractivity contribution in [1.29, 1.82) is 0 Å². The molecule has 4 aromatic rings. The van der Waals surface area contributed by atoms with E-state index in [0.717, 1.165) is 53.9 Å². The van der Waals surface area contributed by atoms with Crippen LogP contribution in [-0.4, -0.2) is 29.1 Å². The minimum atomic E-state index is -0.0624. The second kappa shape index (κ2) is 7.65. The largest absolute Gasteiger partial charge is 0.490 e. The van der Waals surface area contributed by atoms with Crippen LogP contribution >= 0.6 is 0 Å². The van der Waals surface area contributed by atoms with E-state index in [9.17, 15) is 4.79 Å². The maximum atomic E-state index is 11.6. The lowest BCUT2D eigenvalue weighted by Gasteiger charge is -2.31. The minimum absolute atomic E-state index is 0.0624. The van der Waals surface area contributed by atoms with Gasteiger partial charge < -0.3 is 14.1 Å². The Hall–Kier alpha value is -3.05. The van der Waals surface area contributed by atoms with E-state index in [2.05, 4.69) is 41.1 Å². The number of aromatic nitrogens is 1. The van der Waals surface area contributed by atoms with Crippen molar-refractivity contribution in [3.8, 4) is 5.75 Å². The maximum absolute atomic E-state index is 11.6. The van der Waals surface area contributed by atoms with Gasteiger partial charge in [-0.3, -0.25) is 9.69 Å². The van der Waals surface area contributed by atoms with Crippen molar-refractivity contribution in [2.75, 3.05) is 13.2 Å². The van der Waals surface area contributed by atoms with Crippen LogP contribution in [0.5, 0.6) is 5.75 Å². The van der Waals surface area contributed by atoms with Gasteiger partial charge in [-0.15, -0.1) is 0 Å². The number of furan rings is 1. The number of para-hydroxylation sites is 1. The third-order valence-electron chi connectivity index (χ3n) is 6.11. The summed E-state index contributed by atoms with van der Waals surface area (Å²) in [6.07, 6.45) is 1.90. The van der Waals surface area contributed by atoms with Gasteiger partial charge in [-0.05, 0) is 55.8 Å². The van der Waals surface area contributed by atoms with Crippen LogP contribution in [0, 0.1) is 0 Å². The molecular weight excluding hydrogens is 376 g/mol. The molecule has 1 aliphatic rings. The Morgan fingerprint density at radius 1 is 1.20 bits per heavy atom. The van der Waals surface area contributed by atoms with Crippen LogP contribution in [0.15, 0.2) is 57.7 Å². The summed E-state index contributed by atoms with van der Waals surface area (Å²) < 4.78 is 12.0. The van der Waals surface area contributed by atoms with Gasteiger partial charge in [0.25, 0.3) is 0 Å². The molecule has 1 aliphatic heterocycles. The van der Waals surface area contributed by atoms with Gasteiger partial charge in [-0.1, -0.05) is 24.3 Å². The van der Waals surface area contributed by atoms with Crippen LogP contribution in [0.4, 0.5) is 0 Å². The van der Waals surface area contributed by atoms with Crippen molar-refractivity contribution >= 4 is 21.9 Å². The van der Waals surface area contributed by atoms with Gasteiger partial charge in [0.2, 0.25) is 5.56 Å². The molecule has 0 saturated heterocycles. The zero-order chi connectivity index (χ0) is 20.7. The first-order chi connectivity index (χ1) is 14.6. The zero-order valence-electron chi connectivity index (χ0n) is 17.4. The zero-order valence-corrected chi connectivity index (χ0v) is 17.4. The predicted octanol–water partition coefficient (Wildman–Crippen LogP) is 4.66. The number of hydrogen-bond acceptors (Lipinski definition) is 4. The van der Waals surface area contributed by atoms with Gasteiger partial charge in [0, 0.05) is 35.1 Å². The number of nitrogens with zero attached hydrogens (tertiary/aromatic N) is 1. The quantitative estimate of drug-likeness (QED) is 0.527. The summed E-state index contributed by atoms with van der Waals surface area (Å²) in [4.78, 5) is 17.0. The summed E-state index contributed by atoms with van der Waals surface area (Å²) in [7, 11) is 0. The number of ether oxygens (including phenoxy) is 1. The van der Waals surface area contributed by atoms with Crippen molar-refractivity contribution in [3.05, 3.63) is 75.8 Å². The Balaban J connectivity index is 1.37. The molecule has 1 atom stereocenters. The number of fused-ring (bicyclic) bond motifs is 4. The molecule has 0 spiro atoms. The summed E-state index contributed by atoms with van der Waals surface area (Å²) in [6.45, 7) is 6.70. The van der Waals surface area contributed by atoms with Gasteiger partial charge in [-0.25, -0.2) is 0 Å². The molecular formula is C25H26N2O3. The smallest absolute Gasteiger partial charge is 0.248 e. The molecule has 5 heteroatoms. The first-order valence-corrected chi connectivity index (χ1v) is 10.6. The topological polar surface area (TPSA) is 58.5 Å². The highest BCUT2D eigenvalue weighted by molar-refractivity contribution is 5.87. The Bertz CT molecular complexity index is 1270. The minimum Gasteiger partial charge on any atom is -0.490 e. The summed E-state index contributed by atoms with van der Waals surface area (Å²) in [5.74, 6) is 1.88. The first-order valence-electron chi connectivity index (χ1n) is 10.6. The number of rotatable bonds is 5. The second-order valence-electron chi connectivity index (χ2n) is 8.09. The Morgan fingerprint density at radius 2 is 2.07 bits per heavy atom. The van der Waals surface area contributed by atoms with Crippen molar-refractivity contribution in [2.24, 2.45) is 0 Å². The summed E-state index contributed by atoms with van der Waals surface area (Å²) in [5, 5.41) is 2.24. The molecule has 3 heterocycles. The highest BCUT2D eigenvalue weighted by Gasteiger charge is 2.26. The molecule has 30 heavy (non-hydrogen) atoms. The van der Waals surface area contributed by atoms with Crippen molar-refractivity contribution in [1.82, 2.24) is 9.88 Å².